The maximum atomic E-state index is 12.0. The Hall–Kier alpha value is -1.64. The van der Waals surface area contributed by atoms with Crippen LogP contribution in [0.3, 0.4) is 0 Å². The molecule has 0 atom stereocenters. The maximum Gasteiger partial charge on any atom is 0.419 e. The van der Waals surface area contributed by atoms with Crippen molar-refractivity contribution in [1.29, 1.82) is 0 Å². The zero-order valence-corrected chi connectivity index (χ0v) is 17.8. The van der Waals surface area contributed by atoms with Crippen LogP contribution in [-0.4, -0.2) is 64.9 Å². The van der Waals surface area contributed by atoms with Crippen molar-refractivity contribution in [3.63, 3.8) is 0 Å². The topological polar surface area (TPSA) is 77.1 Å². The van der Waals surface area contributed by atoms with E-state index in [9.17, 15) is 9.59 Å². The van der Waals surface area contributed by atoms with Gasteiger partial charge in [-0.2, -0.15) is 0 Å². The van der Waals surface area contributed by atoms with Crippen molar-refractivity contribution in [2.45, 2.75) is 38.9 Å². The molecule has 0 radical (unpaired) electrons. The minimum Gasteiger partial charge on any atom is -0.445 e. The van der Waals surface area contributed by atoms with Gasteiger partial charge in [-0.1, -0.05) is 46.1 Å². The Bertz CT molecular complexity index is 451. The van der Waals surface area contributed by atoms with E-state index >= 15 is 0 Å². The van der Waals surface area contributed by atoms with Gasteiger partial charge in [-0.25, -0.2) is 14.5 Å². The number of imide groups is 1. The fourth-order valence-corrected chi connectivity index (χ4v) is 2.63. The van der Waals surface area contributed by atoms with Gasteiger partial charge in [0.25, 0.3) is 0 Å². The Morgan fingerprint density at radius 1 is 1.04 bits per heavy atom. The Labute approximate surface area is 158 Å². The maximum absolute atomic E-state index is 12.0. The van der Waals surface area contributed by atoms with E-state index in [4.69, 9.17) is 13.9 Å². The summed E-state index contributed by atoms with van der Waals surface area (Å²) in [7, 11) is -1.77. The van der Waals surface area contributed by atoms with Crippen LogP contribution < -0.4 is 5.32 Å². The monoisotopic (exact) mass is 386 g/mol. The lowest BCUT2D eigenvalue weighted by atomic mass is 10.2. The quantitative estimate of drug-likeness (QED) is 0.332. The van der Waals surface area contributed by atoms with E-state index in [-0.39, 0.29) is 24.8 Å². The number of hydrogen-bond acceptors (Lipinski definition) is 6. The number of ether oxygens (including phenoxy) is 2. The normalized spacial score (nSPS) is 11.6. The molecular formula is C18H34N2O5Si. The van der Waals surface area contributed by atoms with Crippen molar-refractivity contribution in [3.05, 3.63) is 25.3 Å². The number of hydrogen-bond donors (Lipinski definition) is 1. The predicted octanol–water partition coefficient (Wildman–Crippen LogP) is 3.55. The third kappa shape index (κ3) is 9.16. The number of nitrogens with zero attached hydrogens (tertiary/aromatic N) is 1. The first kappa shape index (κ1) is 24.4. The molecule has 0 heterocycles. The molecular weight excluding hydrogens is 352 g/mol. The van der Waals surface area contributed by atoms with Crippen LogP contribution in [0.15, 0.2) is 25.3 Å². The molecule has 0 saturated heterocycles. The molecule has 0 aromatic heterocycles. The molecule has 0 aromatic carbocycles. The fraction of sp³-hybridized carbons (Fsp3) is 0.667. The predicted molar refractivity (Wildman–Crippen MR) is 106 cm³/mol. The van der Waals surface area contributed by atoms with E-state index in [1.807, 2.05) is 0 Å². The lowest BCUT2D eigenvalue weighted by Crippen LogP contribution is -2.44. The fourth-order valence-electron chi connectivity index (χ4n) is 1.58. The van der Waals surface area contributed by atoms with E-state index in [1.54, 1.807) is 0 Å². The van der Waals surface area contributed by atoms with Crippen LogP contribution in [0.2, 0.25) is 18.1 Å². The van der Waals surface area contributed by atoms with Crippen molar-refractivity contribution in [3.8, 4) is 0 Å². The van der Waals surface area contributed by atoms with E-state index in [2.05, 4.69) is 52.3 Å². The molecule has 8 heteroatoms. The first-order valence-electron chi connectivity index (χ1n) is 8.74. The summed E-state index contributed by atoms with van der Waals surface area (Å²) in [6, 6.07) is 0. The molecule has 0 unspecified atom stereocenters. The minimum atomic E-state index is -1.77. The molecule has 0 aromatic rings. The SMILES string of the molecule is C=CCOC(=O)N(CCNCCO[Si](C)(C)C(C)(C)C)C(=O)OCC=C. The minimum absolute atomic E-state index is 0.0256. The lowest BCUT2D eigenvalue weighted by molar-refractivity contribution is 0.0868. The number of nitrogens with one attached hydrogen (secondary N) is 1. The first-order valence-corrected chi connectivity index (χ1v) is 11.6. The zero-order valence-electron chi connectivity index (χ0n) is 16.8. The van der Waals surface area contributed by atoms with Crippen molar-refractivity contribution < 1.29 is 23.5 Å². The lowest BCUT2D eigenvalue weighted by Gasteiger charge is -2.36. The summed E-state index contributed by atoms with van der Waals surface area (Å²) in [5.74, 6) is 0. The molecule has 150 valence electrons. The second kappa shape index (κ2) is 11.9. The van der Waals surface area contributed by atoms with Gasteiger partial charge in [-0.3, -0.25) is 0 Å². The van der Waals surface area contributed by atoms with Crippen LogP contribution in [0.25, 0.3) is 0 Å². The van der Waals surface area contributed by atoms with Gasteiger partial charge in [0.2, 0.25) is 0 Å². The standard InChI is InChI=1S/C18H34N2O5Si/c1-8-13-23-16(21)20(17(22)24-14-9-2)12-10-19-11-15-25-26(6,7)18(3,4)5/h8-9,19H,1-2,10-15H2,3-7H3. The van der Waals surface area contributed by atoms with Gasteiger partial charge < -0.3 is 19.2 Å². The van der Waals surface area contributed by atoms with E-state index in [0.29, 0.717) is 19.7 Å². The van der Waals surface area contributed by atoms with Crippen LogP contribution in [0.5, 0.6) is 0 Å². The van der Waals surface area contributed by atoms with Crippen molar-refractivity contribution in [1.82, 2.24) is 10.2 Å². The van der Waals surface area contributed by atoms with E-state index in [0.717, 1.165) is 4.90 Å². The summed E-state index contributed by atoms with van der Waals surface area (Å²) >= 11 is 0. The van der Waals surface area contributed by atoms with Gasteiger partial charge in [0.1, 0.15) is 13.2 Å². The van der Waals surface area contributed by atoms with Gasteiger partial charge in [0.05, 0.1) is 0 Å². The van der Waals surface area contributed by atoms with Gasteiger partial charge in [0, 0.05) is 26.2 Å². The highest BCUT2D eigenvalue weighted by Gasteiger charge is 2.36. The van der Waals surface area contributed by atoms with Crippen molar-refractivity contribution >= 4 is 20.5 Å². The Morgan fingerprint density at radius 2 is 1.54 bits per heavy atom. The summed E-state index contributed by atoms with van der Waals surface area (Å²) in [6.45, 7) is 19.7. The van der Waals surface area contributed by atoms with Gasteiger partial charge >= 0.3 is 12.2 Å². The van der Waals surface area contributed by atoms with Gasteiger partial charge in [-0.05, 0) is 18.1 Å². The smallest absolute Gasteiger partial charge is 0.419 e. The molecule has 7 nitrogen and oxygen atoms in total. The Balaban J connectivity index is 4.35. The Kier molecular flexibility index (Phi) is 11.1. The van der Waals surface area contributed by atoms with Crippen molar-refractivity contribution in [2.75, 3.05) is 39.5 Å². The first-order chi connectivity index (χ1) is 12.1. The summed E-state index contributed by atoms with van der Waals surface area (Å²) in [6.07, 6.45) is 1.33. The van der Waals surface area contributed by atoms with Crippen LogP contribution >= 0.6 is 0 Å². The van der Waals surface area contributed by atoms with E-state index < -0.39 is 20.5 Å². The van der Waals surface area contributed by atoms with Crippen LogP contribution in [0.1, 0.15) is 20.8 Å². The molecule has 0 bridgehead atoms. The Morgan fingerprint density at radius 3 is 1.96 bits per heavy atom. The summed E-state index contributed by atoms with van der Waals surface area (Å²) in [5.41, 5.74) is 0. The molecule has 2 amide bonds. The second-order valence-corrected chi connectivity index (χ2v) is 12.1. The number of carbonyl (C=O) groups is 2. The molecule has 0 spiro atoms. The molecule has 0 rings (SSSR count). The summed E-state index contributed by atoms with van der Waals surface area (Å²) < 4.78 is 15.9. The highest BCUT2D eigenvalue weighted by atomic mass is 28.4. The third-order valence-electron chi connectivity index (χ3n) is 4.15. The highest BCUT2D eigenvalue weighted by molar-refractivity contribution is 6.74. The molecule has 0 fully saturated rings. The molecule has 0 aliphatic heterocycles. The number of rotatable bonds is 11. The molecule has 0 aliphatic rings. The number of carbonyl (C=O) groups excluding carboxylic acids is 2. The van der Waals surface area contributed by atoms with Gasteiger partial charge in [-0.15, -0.1) is 0 Å². The largest absolute Gasteiger partial charge is 0.445 e. The zero-order chi connectivity index (χ0) is 20.2. The van der Waals surface area contributed by atoms with Crippen molar-refractivity contribution in [2.24, 2.45) is 0 Å². The van der Waals surface area contributed by atoms with Gasteiger partial charge in [0.15, 0.2) is 8.32 Å². The molecule has 0 saturated carbocycles. The molecule has 26 heavy (non-hydrogen) atoms. The van der Waals surface area contributed by atoms with Crippen LogP contribution in [0.4, 0.5) is 9.59 Å². The second-order valence-electron chi connectivity index (χ2n) is 7.24. The van der Waals surface area contributed by atoms with Crippen LogP contribution in [-0.2, 0) is 13.9 Å². The van der Waals surface area contributed by atoms with E-state index in [1.165, 1.54) is 12.2 Å². The highest BCUT2D eigenvalue weighted by Crippen LogP contribution is 2.36. The average molecular weight is 387 g/mol. The average Bonchev–Trinajstić information content (AvgIpc) is 2.55. The van der Waals surface area contributed by atoms with Crippen LogP contribution in [0, 0.1) is 0 Å². The number of amides is 2. The summed E-state index contributed by atoms with van der Waals surface area (Å²) in [5, 5.41) is 3.32. The molecule has 1 N–H and O–H groups in total. The molecule has 0 aliphatic carbocycles. The third-order valence-corrected chi connectivity index (χ3v) is 8.69. The summed E-state index contributed by atoms with van der Waals surface area (Å²) in [4.78, 5) is 24.8.